The topological polar surface area (TPSA) is 119 Å². The van der Waals surface area contributed by atoms with E-state index < -0.39 is 13.0 Å². The molecule has 0 amide bonds. The molecule has 4 heterocycles. The van der Waals surface area contributed by atoms with Gasteiger partial charge in [0.15, 0.2) is 11.5 Å². The lowest BCUT2D eigenvalue weighted by molar-refractivity contribution is -0.0147. The number of hydrogen-bond acceptors (Lipinski definition) is 7. The number of rotatable bonds is 4. The van der Waals surface area contributed by atoms with Gasteiger partial charge in [0.05, 0.1) is 17.7 Å². The Kier molecular flexibility index (Phi) is 5.68. The Bertz CT molecular complexity index is 1260. The van der Waals surface area contributed by atoms with E-state index in [2.05, 4.69) is 25.4 Å². The van der Waals surface area contributed by atoms with Crippen molar-refractivity contribution in [3.8, 4) is 11.1 Å². The molecule has 4 N–H and O–H groups in total. The summed E-state index contributed by atoms with van der Waals surface area (Å²) in [5, 5.41) is 16.1. The van der Waals surface area contributed by atoms with Crippen molar-refractivity contribution in [2.75, 3.05) is 18.1 Å². The minimum atomic E-state index is -2.47. The number of aliphatic hydroxyl groups is 1. The van der Waals surface area contributed by atoms with Gasteiger partial charge in [-0.15, -0.1) is 5.10 Å². The monoisotopic (exact) mass is 444 g/mol. The molecule has 0 radical (unpaired) electrons. The second-order valence-electron chi connectivity index (χ2n) is 8.17. The zero-order chi connectivity index (χ0) is 23.0. The maximum atomic E-state index is 12.9. The van der Waals surface area contributed by atoms with Crippen molar-refractivity contribution in [1.29, 1.82) is 0 Å². The van der Waals surface area contributed by atoms with Crippen LogP contribution in [0.5, 0.6) is 0 Å². The Hall–Kier alpha value is -3.34. The number of hydrogen-bond donors (Lipinski definition) is 3. The maximum absolute atomic E-state index is 12.9. The van der Waals surface area contributed by atoms with E-state index >= 15 is 0 Å². The minimum absolute atomic E-state index is 0.142. The summed E-state index contributed by atoms with van der Waals surface area (Å²) in [6.45, 7) is 3.15. The van der Waals surface area contributed by atoms with E-state index in [-0.39, 0.29) is 11.5 Å². The fourth-order valence-corrected chi connectivity index (χ4v) is 3.77. The average Bonchev–Trinajstić information content (AvgIpc) is 3.27. The lowest BCUT2D eigenvalue weighted by atomic mass is 9.82. The quantitative estimate of drug-likeness (QED) is 0.442. The summed E-state index contributed by atoms with van der Waals surface area (Å²) in [4.78, 5) is 12.8. The van der Waals surface area contributed by atoms with Gasteiger partial charge in [-0.1, -0.05) is 0 Å². The van der Waals surface area contributed by atoms with Gasteiger partial charge in [-0.2, -0.15) is 4.98 Å². The number of anilines is 2. The Morgan fingerprint density at radius 3 is 2.62 bits per heavy atom. The third-order valence-corrected chi connectivity index (χ3v) is 5.62. The minimum Gasteiger partial charge on any atom is -0.390 e. The van der Waals surface area contributed by atoms with Crippen LogP contribution in [0.1, 0.15) is 32.0 Å². The molecular weight excluding hydrogens is 418 g/mol. The molecule has 0 bridgehead atoms. The van der Waals surface area contributed by atoms with Gasteiger partial charge in [-0.05, 0) is 45.2 Å². The van der Waals surface area contributed by atoms with Gasteiger partial charge in [-0.25, -0.2) is 23.3 Å². The Morgan fingerprint density at radius 1 is 1.31 bits per heavy atom. The summed E-state index contributed by atoms with van der Waals surface area (Å²) in [6, 6.07) is 3.66. The SMILES string of the molecule is CC1(O)CCC1.CNc1nc(N)nn2ccc(-c3cnc4nc(C)n(CC(F)F)c4c3)c12. The van der Waals surface area contributed by atoms with Crippen LogP contribution < -0.4 is 11.1 Å². The predicted octanol–water partition coefficient (Wildman–Crippen LogP) is 3.26. The molecule has 170 valence electrons. The second-order valence-corrected chi connectivity index (χ2v) is 8.17. The molecule has 1 aliphatic carbocycles. The predicted molar refractivity (Wildman–Crippen MR) is 119 cm³/mol. The van der Waals surface area contributed by atoms with E-state index in [0.717, 1.165) is 29.5 Å². The van der Waals surface area contributed by atoms with Gasteiger partial charge < -0.3 is 20.7 Å². The number of fused-ring (bicyclic) bond motifs is 2. The van der Waals surface area contributed by atoms with E-state index in [1.54, 1.807) is 36.9 Å². The summed E-state index contributed by atoms with van der Waals surface area (Å²) in [7, 11) is 1.74. The zero-order valence-corrected chi connectivity index (χ0v) is 18.2. The van der Waals surface area contributed by atoms with Crippen molar-refractivity contribution in [3.05, 3.63) is 30.4 Å². The van der Waals surface area contributed by atoms with Crippen LogP contribution in [0.3, 0.4) is 0 Å². The number of alkyl halides is 2. The van der Waals surface area contributed by atoms with Crippen LogP contribution in [-0.2, 0) is 6.54 Å². The summed E-state index contributed by atoms with van der Waals surface area (Å²) < 4.78 is 28.9. The van der Waals surface area contributed by atoms with E-state index in [9.17, 15) is 8.78 Å². The van der Waals surface area contributed by atoms with Gasteiger partial charge in [0.2, 0.25) is 5.95 Å². The lowest BCUT2D eigenvalue weighted by Crippen LogP contribution is -2.32. The van der Waals surface area contributed by atoms with Crippen molar-refractivity contribution in [2.45, 2.75) is 51.7 Å². The van der Waals surface area contributed by atoms with Crippen LogP contribution in [0.15, 0.2) is 24.5 Å². The number of aromatic nitrogens is 6. The molecule has 32 heavy (non-hydrogen) atoms. The highest BCUT2D eigenvalue weighted by atomic mass is 19.3. The fourth-order valence-electron chi connectivity index (χ4n) is 3.77. The van der Waals surface area contributed by atoms with E-state index in [4.69, 9.17) is 10.8 Å². The molecule has 4 aromatic heterocycles. The summed E-state index contributed by atoms with van der Waals surface area (Å²) in [5.41, 5.74) is 8.71. The van der Waals surface area contributed by atoms with Gasteiger partial charge in [0.1, 0.15) is 11.3 Å². The lowest BCUT2D eigenvalue weighted by Gasteiger charge is -2.31. The third kappa shape index (κ3) is 4.20. The van der Waals surface area contributed by atoms with Crippen LogP contribution in [0, 0.1) is 6.92 Å². The molecule has 1 saturated carbocycles. The van der Waals surface area contributed by atoms with Crippen molar-refractivity contribution in [2.24, 2.45) is 0 Å². The fraction of sp³-hybridized carbons (Fsp3) is 0.429. The largest absolute Gasteiger partial charge is 0.390 e. The Morgan fingerprint density at radius 2 is 2.03 bits per heavy atom. The maximum Gasteiger partial charge on any atom is 0.256 e. The molecule has 0 saturated heterocycles. The molecule has 0 spiro atoms. The average molecular weight is 444 g/mol. The number of nitrogens with one attached hydrogen (secondary N) is 1. The molecule has 0 aliphatic heterocycles. The van der Waals surface area contributed by atoms with E-state index in [1.165, 1.54) is 11.0 Å². The molecule has 1 fully saturated rings. The number of nitrogens with two attached hydrogens (primary N) is 1. The van der Waals surface area contributed by atoms with Crippen molar-refractivity contribution in [3.63, 3.8) is 0 Å². The molecule has 0 aromatic carbocycles. The number of aryl methyl sites for hydroxylation is 1. The molecule has 1 aliphatic rings. The number of pyridine rings is 1. The molecule has 9 nitrogen and oxygen atoms in total. The van der Waals surface area contributed by atoms with Crippen LogP contribution in [0.4, 0.5) is 20.5 Å². The zero-order valence-electron chi connectivity index (χ0n) is 18.2. The van der Waals surface area contributed by atoms with Crippen LogP contribution in [0.25, 0.3) is 27.8 Å². The van der Waals surface area contributed by atoms with Crippen LogP contribution in [-0.4, -0.2) is 53.3 Å². The molecule has 4 aromatic rings. The number of nitrogen functional groups attached to an aromatic ring is 1. The van der Waals surface area contributed by atoms with E-state index in [0.29, 0.717) is 22.8 Å². The summed E-state index contributed by atoms with van der Waals surface area (Å²) >= 11 is 0. The van der Waals surface area contributed by atoms with Crippen LogP contribution in [0.2, 0.25) is 0 Å². The first-order valence-electron chi connectivity index (χ1n) is 10.3. The van der Waals surface area contributed by atoms with Gasteiger partial charge in [0.25, 0.3) is 6.43 Å². The highest BCUT2D eigenvalue weighted by Crippen LogP contribution is 2.31. The third-order valence-electron chi connectivity index (χ3n) is 5.62. The highest BCUT2D eigenvalue weighted by Gasteiger charge is 2.27. The van der Waals surface area contributed by atoms with Gasteiger partial charge >= 0.3 is 0 Å². The first-order chi connectivity index (χ1) is 15.2. The number of nitrogens with zero attached hydrogens (tertiary/aromatic N) is 6. The normalized spacial score (nSPS) is 15.0. The first kappa shape index (κ1) is 21.9. The van der Waals surface area contributed by atoms with E-state index in [1.807, 2.05) is 13.0 Å². The first-order valence-corrected chi connectivity index (χ1v) is 10.3. The van der Waals surface area contributed by atoms with Crippen molar-refractivity contribution >= 4 is 28.4 Å². The Balaban J connectivity index is 0.000000354. The molecule has 11 heteroatoms. The molecule has 0 unspecified atom stereocenters. The molecule has 0 atom stereocenters. The van der Waals surface area contributed by atoms with Crippen LogP contribution >= 0.6 is 0 Å². The highest BCUT2D eigenvalue weighted by molar-refractivity contribution is 5.91. The standard InChI is InChI=1S/C16H16F2N8.C5H10O/c1-8-22-14-11(25(8)7-12(17)18)5-9(6-21-14)10-3-4-26-13(10)15(20-2)23-16(19)24-26;1-5(6)3-2-4-5/h3-6,12H,7H2,1-2H3,(H3,19,20,23,24);6H,2-4H2,1H3. The summed E-state index contributed by atoms with van der Waals surface area (Å²) in [6.07, 6.45) is 4.17. The second kappa shape index (κ2) is 8.30. The smallest absolute Gasteiger partial charge is 0.256 e. The van der Waals surface area contributed by atoms with Gasteiger partial charge in [-0.3, -0.25) is 0 Å². The van der Waals surface area contributed by atoms with Crippen molar-refractivity contribution < 1.29 is 13.9 Å². The van der Waals surface area contributed by atoms with Gasteiger partial charge in [0, 0.05) is 30.6 Å². The number of halogens is 2. The molecular formula is C21H26F2N8O. The molecule has 5 rings (SSSR count). The summed E-state index contributed by atoms with van der Waals surface area (Å²) in [5.74, 6) is 1.21. The Labute approximate surface area is 183 Å². The number of imidazole rings is 1. The van der Waals surface area contributed by atoms with Crippen molar-refractivity contribution in [1.82, 2.24) is 29.1 Å².